The summed E-state index contributed by atoms with van der Waals surface area (Å²) in [5.41, 5.74) is 2.81. The first-order chi connectivity index (χ1) is 14.0. The van der Waals surface area contributed by atoms with Gasteiger partial charge in [0, 0.05) is 10.6 Å². The summed E-state index contributed by atoms with van der Waals surface area (Å²) in [4.78, 5) is 17.6. The molecule has 2 aliphatic carbocycles. The van der Waals surface area contributed by atoms with E-state index in [1.807, 2.05) is 37.3 Å². The van der Waals surface area contributed by atoms with Gasteiger partial charge >= 0.3 is 0 Å². The number of aryl methyl sites for hydroxylation is 1. The van der Waals surface area contributed by atoms with Crippen LogP contribution in [0.4, 0.5) is 0 Å². The summed E-state index contributed by atoms with van der Waals surface area (Å²) >= 11 is 6.04. The highest BCUT2D eigenvalue weighted by Crippen LogP contribution is 2.34. The maximum Gasteiger partial charge on any atom is 0.253 e. The Balaban J connectivity index is 1.63. The van der Waals surface area contributed by atoms with Gasteiger partial charge in [0.15, 0.2) is 0 Å². The van der Waals surface area contributed by atoms with Crippen molar-refractivity contribution in [2.45, 2.75) is 57.6 Å². The molecule has 2 aromatic rings. The summed E-state index contributed by atoms with van der Waals surface area (Å²) in [5, 5.41) is 13.9. The lowest BCUT2D eigenvalue weighted by Gasteiger charge is -2.28. The van der Waals surface area contributed by atoms with Crippen molar-refractivity contribution in [3.8, 4) is 17.0 Å². The summed E-state index contributed by atoms with van der Waals surface area (Å²) < 4.78 is 6.01. The van der Waals surface area contributed by atoms with Crippen molar-refractivity contribution in [3.63, 3.8) is 0 Å². The lowest BCUT2D eigenvalue weighted by molar-refractivity contribution is 0.0716. The molecule has 0 saturated heterocycles. The highest BCUT2D eigenvalue weighted by Gasteiger charge is 2.27. The van der Waals surface area contributed by atoms with Crippen LogP contribution in [0.2, 0.25) is 5.02 Å². The van der Waals surface area contributed by atoms with Crippen molar-refractivity contribution >= 4 is 17.5 Å². The van der Waals surface area contributed by atoms with Crippen LogP contribution in [0.1, 0.15) is 54.6 Å². The number of aromatic nitrogens is 1. The Morgan fingerprint density at radius 2 is 1.93 bits per heavy atom. The van der Waals surface area contributed by atoms with Gasteiger partial charge in [0.05, 0.1) is 30.0 Å². The quantitative estimate of drug-likeness (QED) is 0.728. The minimum atomic E-state index is -0.488. The lowest BCUT2D eigenvalue weighted by Crippen LogP contribution is -2.45. The van der Waals surface area contributed by atoms with Crippen LogP contribution in [0.5, 0.6) is 5.88 Å². The van der Waals surface area contributed by atoms with Gasteiger partial charge in [-0.1, -0.05) is 36.6 Å². The molecular weight excluding hydrogens is 388 g/mol. The maximum atomic E-state index is 13.0. The number of aliphatic hydroxyl groups is 1. The van der Waals surface area contributed by atoms with Crippen LogP contribution in [0.15, 0.2) is 30.3 Å². The van der Waals surface area contributed by atoms with Gasteiger partial charge in [0.25, 0.3) is 5.91 Å². The molecule has 1 aromatic heterocycles. The number of hydrogen-bond acceptors (Lipinski definition) is 4. The van der Waals surface area contributed by atoms with Crippen LogP contribution >= 0.6 is 11.6 Å². The van der Waals surface area contributed by atoms with Gasteiger partial charge in [0.2, 0.25) is 5.88 Å². The molecule has 6 heteroatoms. The number of carbonyl (C=O) groups is 1. The molecule has 0 aliphatic heterocycles. The fourth-order valence-corrected chi connectivity index (χ4v) is 3.89. The van der Waals surface area contributed by atoms with Gasteiger partial charge in [0.1, 0.15) is 0 Å². The third kappa shape index (κ3) is 4.90. The summed E-state index contributed by atoms with van der Waals surface area (Å²) in [6.45, 7) is 2.47. The fraction of sp³-hybridized carbons (Fsp3) is 0.478. The molecule has 2 fully saturated rings. The Morgan fingerprint density at radius 1 is 1.21 bits per heavy atom. The van der Waals surface area contributed by atoms with Crippen molar-refractivity contribution < 1.29 is 14.6 Å². The molecule has 2 aliphatic rings. The molecule has 0 bridgehead atoms. The third-order valence-corrected chi connectivity index (χ3v) is 6.03. The number of halogens is 1. The van der Waals surface area contributed by atoms with E-state index in [2.05, 4.69) is 10.3 Å². The molecule has 2 atom stereocenters. The van der Waals surface area contributed by atoms with Gasteiger partial charge in [-0.2, -0.15) is 0 Å². The zero-order valence-electron chi connectivity index (χ0n) is 16.7. The highest BCUT2D eigenvalue weighted by molar-refractivity contribution is 6.30. The molecule has 0 radical (unpaired) electrons. The molecule has 0 spiro atoms. The number of ether oxygens (including phenoxy) is 1. The second-order valence-corrected chi connectivity index (χ2v) is 8.60. The summed E-state index contributed by atoms with van der Waals surface area (Å²) in [7, 11) is 0. The standard InChI is InChI=1S/C23H27ClN2O3/c1-14-18(22(28)26-20-4-2-3-5-21(20)27)12-19(16-8-10-17(24)11-9-16)23(25-14)29-13-15-6-7-15/h8-12,15,20-21,27H,2-7,13H2,1H3,(H,26,28)/t20-,21-/m1/s1. The average Bonchev–Trinajstić information content (AvgIpc) is 3.53. The molecule has 1 amide bonds. The van der Waals surface area contributed by atoms with Gasteiger partial charge < -0.3 is 15.2 Å². The molecule has 29 heavy (non-hydrogen) atoms. The largest absolute Gasteiger partial charge is 0.477 e. The smallest absolute Gasteiger partial charge is 0.253 e. The van der Waals surface area contributed by atoms with Gasteiger partial charge in [-0.25, -0.2) is 4.98 Å². The maximum absolute atomic E-state index is 13.0. The van der Waals surface area contributed by atoms with E-state index in [4.69, 9.17) is 16.3 Å². The van der Waals surface area contributed by atoms with Crippen molar-refractivity contribution in [3.05, 3.63) is 46.6 Å². The van der Waals surface area contributed by atoms with Crippen molar-refractivity contribution in [1.82, 2.24) is 10.3 Å². The predicted octanol–water partition coefficient (Wildman–Crippen LogP) is 4.53. The van der Waals surface area contributed by atoms with Crippen LogP contribution in [0.3, 0.4) is 0 Å². The van der Waals surface area contributed by atoms with Crippen LogP contribution < -0.4 is 10.1 Å². The number of aliphatic hydroxyl groups excluding tert-OH is 1. The van der Waals surface area contributed by atoms with E-state index in [-0.39, 0.29) is 11.9 Å². The minimum Gasteiger partial charge on any atom is -0.477 e. The van der Waals surface area contributed by atoms with Gasteiger partial charge in [-0.05, 0) is 62.3 Å². The Morgan fingerprint density at radius 3 is 2.62 bits per heavy atom. The molecule has 4 rings (SSSR count). The van der Waals surface area contributed by atoms with E-state index < -0.39 is 6.10 Å². The van der Waals surface area contributed by atoms with Gasteiger partial charge in [-0.15, -0.1) is 0 Å². The van der Waals surface area contributed by atoms with Crippen LogP contribution in [-0.4, -0.2) is 34.8 Å². The van der Waals surface area contributed by atoms with E-state index in [1.165, 1.54) is 12.8 Å². The monoisotopic (exact) mass is 414 g/mol. The number of nitrogens with one attached hydrogen (secondary N) is 1. The molecule has 0 unspecified atom stereocenters. The van der Waals surface area contributed by atoms with Crippen LogP contribution in [0, 0.1) is 12.8 Å². The number of nitrogens with zero attached hydrogens (tertiary/aromatic N) is 1. The molecule has 5 nitrogen and oxygen atoms in total. The second kappa shape index (κ2) is 8.72. The van der Waals surface area contributed by atoms with Crippen molar-refractivity contribution in [2.24, 2.45) is 5.92 Å². The predicted molar refractivity (Wildman–Crippen MR) is 113 cm³/mol. The molecule has 2 N–H and O–H groups in total. The van der Waals surface area contributed by atoms with E-state index in [0.29, 0.717) is 34.7 Å². The van der Waals surface area contributed by atoms with E-state index in [0.717, 1.165) is 36.8 Å². The molecular formula is C23H27ClN2O3. The summed E-state index contributed by atoms with van der Waals surface area (Å²) in [6.07, 6.45) is 5.44. The normalized spacial score (nSPS) is 21.6. The number of hydrogen-bond donors (Lipinski definition) is 2. The topological polar surface area (TPSA) is 71.5 Å². The van der Waals surface area contributed by atoms with Crippen molar-refractivity contribution in [1.29, 1.82) is 0 Å². The first-order valence-corrected chi connectivity index (χ1v) is 10.8. The van der Waals surface area contributed by atoms with Gasteiger partial charge in [-0.3, -0.25) is 4.79 Å². The number of amides is 1. The van der Waals surface area contributed by atoms with Crippen LogP contribution in [-0.2, 0) is 0 Å². The van der Waals surface area contributed by atoms with Crippen LogP contribution in [0.25, 0.3) is 11.1 Å². The number of rotatable bonds is 6. The number of benzene rings is 1. The molecule has 154 valence electrons. The zero-order valence-corrected chi connectivity index (χ0v) is 17.4. The number of pyridine rings is 1. The highest BCUT2D eigenvalue weighted by atomic mass is 35.5. The second-order valence-electron chi connectivity index (χ2n) is 8.17. The Kier molecular flexibility index (Phi) is 6.07. The minimum absolute atomic E-state index is 0.204. The SMILES string of the molecule is Cc1nc(OCC2CC2)c(-c2ccc(Cl)cc2)cc1C(=O)N[C@@H]1CCCC[C@H]1O. The van der Waals surface area contributed by atoms with E-state index in [1.54, 1.807) is 0 Å². The van der Waals surface area contributed by atoms with E-state index in [9.17, 15) is 9.90 Å². The third-order valence-electron chi connectivity index (χ3n) is 5.78. The molecule has 1 aromatic carbocycles. The number of carbonyl (C=O) groups excluding carboxylic acids is 1. The fourth-order valence-electron chi connectivity index (χ4n) is 3.77. The van der Waals surface area contributed by atoms with E-state index >= 15 is 0 Å². The van der Waals surface area contributed by atoms with Crippen molar-refractivity contribution in [2.75, 3.05) is 6.61 Å². The summed E-state index contributed by atoms with van der Waals surface area (Å²) in [6, 6.07) is 9.09. The molecule has 2 saturated carbocycles. The first kappa shape index (κ1) is 20.2. The Bertz CT molecular complexity index is 880. The Labute approximate surface area is 176 Å². The molecule has 1 heterocycles. The zero-order chi connectivity index (χ0) is 20.4. The average molecular weight is 415 g/mol. The summed E-state index contributed by atoms with van der Waals surface area (Å²) in [5.74, 6) is 0.946. The lowest BCUT2D eigenvalue weighted by atomic mass is 9.92. The first-order valence-electron chi connectivity index (χ1n) is 10.4. The Hall–Kier alpha value is -2.11.